The zero-order valence-corrected chi connectivity index (χ0v) is 10.1. The molecule has 0 fully saturated rings. The molecule has 0 aliphatic carbocycles. The van der Waals surface area contributed by atoms with Crippen molar-refractivity contribution in [3.8, 4) is 0 Å². The van der Waals surface area contributed by atoms with Crippen LogP contribution >= 0.6 is 27.5 Å². The first-order valence-electron chi connectivity index (χ1n) is 4.06. The van der Waals surface area contributed by atoms with Crippen LogP contribution in [0.15, 0.2) is 22.7 Å². The summed E-state index contributed by atoms with van der Waals surface area (Å²) in [5.41, 5.74) is -0.793. The fraction of sp³-hybridized carbons (Fsp3) is 0.222. The van der Waals surface area contributed by atoms with Gasteiger partial charge in [0.2, 0.25) is 5.91 Å². The molecule has 0 aliphatic rings. The smallest absolute Gasteiger partial charge is 0.325 e. The number of benzene rings is 1. The second-order valence-corrected chi connectivity index (χ2v) is 4.09. The fourth-order valence-corrected chi connectivity index (χ4v) is 1.58. The fourth-order valence-electron chi connectivity index (χ4n) is 1.02. The van der Waals surface area contributed by atoms with Crippen LogP contribution < -0.4 is 5.32 Å². The van der Waals surface area contributed by atoms with E-state index in [4.69, 9.17) is 11.6 Å². The predicted octanol–water partition coefficient (Wildman–Crippen LogP) is 3.65. The van der Waals surface area contributed by atoms with Crippen LogP contribution in [-0.2, 0) is 11.0 Å². The van der Waals surface area contributed by atoms with Crippen molar-refractivity contribution in [3.05, 3.63) is 28.2 Å². The minimum Gasteiger partial charge on any atom is -0.325 e. The van der Waals surface area contributed by atoms with Crippen molar-refractivity contribution in [2.75, 3.05) is 11.2 Å². The molecule has 1 N–H and O–H groups in total. The van der Waals surface area contributed by atoms with Crippen LogP contribution in [0.4, 0.5) is 18.9 Å². The summed E-state index contributed by atoms with van der Waals surface area (Å²) >= 11 is 8.16. The van der Waals surface area contributed by atoms with Gasteiger partial charge in [-0.1, -0.05) is 15.9 Å². The molecule has 1 aromatic rings. The third-order valence-electron chi connectivity index (χ3n) is 1.63. The summed E-state index contributed by atoms with van der Waals surface area (Å²) < 4.78 is 37.5. The molecule has 0 saturated carbocycles. The Balaban J connectivity index is 3.04. The Bertz CT molecular complexity index is 408. The van der Waals surface area contributed by atoms with Gasteiger partial charge in [-0.15, -0.1) is 11.6 Å². The number of amides is 1. The van der Waals surface area contributed by atoms with Crippen molar-refractivity contribution in [1.82, 2.24) is 0 Å². The Kier molecular flexibility index (Phi) is 4.21. The SMILES string of the molecule is O=C(CCl)Nc1cc(Br)cc(C(F)(F)F)c1. The van der Waals surface area contributed by atoms with Gasteiger partial charge in [0.15, 0.2) is 0 Å². The maximum Gasteiger partial charge on any atom is 0.416 e. The summed E-state index contributed by atoms with van der Waals surface area (Å²) in [6.45, 7) is 0. The van der Waals surface area contributed by atoms with Crippen LogP contribution in [0.2, 0.25) is 0 Å². The van der Waals surface area contributed by atoms with Crippen LogP contribution in [0.25, 0.3) is 0 Å². The molecule has 0 saturated heterocycles. The van der Waals surface area contributed by atoms with Crippen molar-refractivity contribution in [2.45, 2.75) is 6.18 Å². The van der Waals surface area contributed by atoms with E-state index in [-0.39, 0.29) is 16.0 Å². The van der Waals surface area contributed by atoms with Gasteiger partial charge in [0.05, 0.1) is 5.56 Å². The Morgan fingerprint density at radius 1 is 1.38 bits per heavy atom. The average Bonchev–Trinajstić information content (AvgIpc) is 2.15. The van der Waals surface area contributed by atoms with Gasteiger partial charge in [-0.05, 0) is 18.2 Å². The average molecular weight is 317 g/mol. The second kappa shape index (κ2) is 5.05. The molecule has 1 amide bonds. The van der Waals surface area contributed by atoms with E-state index in [2.05, 4.69) is 21.2 Å². The topological polar surface area (TPSA) is 29.1 Å². The highest BCUT2D eigenvalue weighted by Gasteiger charge is 2.31. The molecule has 88 valence electrons. The summed E-state index contributed by atoms with van der Waals surface area (Å²) in [5.74, 6) is -0.874. The molecule has 0 unspecified atom stereocenters. The second-order valence-electron chi connectivity index (χ2n) is 2.91. The third-order valence-corrected chi connectivity index (χ3v) is 2.33. The van der Waals surface area contributed by atoms with Crippen LogP contribution in [0.3, 0.4) is 0 Å². The van der Waals surface area contributed by atoms with Gasteiger partial charge in [-0.25, -0.2) is 0 Å². The molecule has 1 aromatic carbocycles. The Morgan fingerprint density at radius 2 is 2.00 bits per heavy atom. The van der Waals surface area contributed by atoms with Crippen molar-refractivity contribution in [2.24, 2.45) is 0 Å². The summed E-state index contributed by atoms with van der Waals surface area (Å²) in [4.78, 5) is 10.9. The molecular formula is C9H6BrClF3NO. The van der Waals surface area contributed by atoms with E-state index < -0.39 is 17.6 Å². The Morgan fingerprint density at radius 3 is 2.50 bits per heavy atom. The van der Waals surface area contributed by atoms with Crippen LogP contribution in [0.1, 0.15) is 5.56 Å². The number of carbonyl (C=O) groups is 1. The zero-order valence-electron chi connectivity index (χ0n) is 7.74. The molecular weight excluding hydrogens is 310 g/mol. The molecule has 7 heteroatoms. The molecule has 0 spiro atoms. The zero-order chi connectivity index (χ0) is 12.3. The molecule has 0 heterocycles. The quantitative estimate of drug-likeness (QED) is 0.829. The van der Waals surface area contributed by atoms with Gasteiger partial charge >= 0.3 is 6.18 Å². The van der Waals surface area contributed by atoms with E-state index in [0.717, 1.165) is 12.1 Å². The molecule has 0 radical (unpaired) electrons. The van der Waals surface area contributed by atoms with Gasteiger partial charge in [0.1, 0.15) is 5.88 Å². The van der Waals surface area contributed by atoms with Gasteiger partial charge in [-0.3, -0.25) is 4.79 Å². The monoisotopic (exact) mass is 315 g/mol. The number of carbonyl (C=O) groups excluding carboxylic acids is 1. The lowest BCUT2D eigenvalue weighted by Crippen LogP contribution is -2.13. The van der Waals surface area contributed by atoms with Crippen molar-refractivity contribution >= 4 is 39.1 Å². The maximum atomic E-state index is 12.4. The van der Waals surface area contributed by atoms with Gasteiger partial charge < -0.3 is 5.32 Å². The van der Waals surface area contributed by atoms with E-state index in [1.165, 1.54) is 6.07 Å². The minimum absolute atomic E-state index is 0.0485. The number of hydrogen-bond donors (Lipinski definition) is 1. The normalized spacial score (nSPS) is 11.3. The van der Waals surface area contributed by atoms with E-state index >= 15 is 0 Å². The third kappa shape index (κ3) is 3.68. The van der Waals surface area contributed by atoms with E-state index in [1.54, 1.807) is 0 Å². The molecule has 0 aliphatic heterocycles. The highest BCUT2D eigenvalue weighted by molar-refractivity contribution is 9.10. The summed E-state index contributed by atoms with van der Waals surface area (Å²) in [7, 11) is 0. The van der Waals surface area contributed by atoms with E-state index in [1.807, 2.05) is 0 Å². The number of hydrogen-bond acceptors (Lipinski definition) is 1. The molecule has 0 aromatic heterocycles. The molecule has 2 nitrogen and oxygen atoms in total. The molecule has 0 bridgehead atoms. The molecule has 1 rings (SSSR count). The van der Waals surface area contributed by atoms with Crippen LogP contribution in [0.5, 0.6) is 0 Å². The van der Waals surface area contributed by atoms with Gasteiger partial charge in [0, 0.05) is 10.2 Å². The number of halogens is 5. The van der Waals surface area contributed by atoms with Crippen molar-refractivity contribution < 1.29 is 18.0 Å². The summed E-state index contributed by atoms with van der Waals surface area (Å²) in [6.07, 6.45) is -4.45. The first-order chi connectivity index (χ1) is 7.32. The van der Waals surface area contributed by atoms with Gasteiger partial charge in [-0.2, -0.15) is 13.2 Å². The van der Waals surface area contributed by atoms with E-state index in [9.17, 15) is 18.0 Å². The molecule has 16 heavy (non-hydrogen) atoms. The maximum absolute atomic E-state index is 12.4. The number of alkyl halides is 4. The summed E-state index contributed by atoms with van der Waals surface area (Å²) in [5, 5.41) is 2.24. The highest BCUT2D eigenvalue weighted by Crippen LogP contribution is 2.33. The first-order valence-corrected chi connectivity index (χ1v) is 5.39. The lowest BCUT2D eigenvalue weighted by Gasteiger charge is -2.10. The van der Waals surface area contributed by atoms with Crippen LogP contribution in [0, 0.1) is 0 Å². The number of nitrogens with one attached hydrogen (secondary N) is 1. The summed E-state index contributed by atoms with van der Waals surface area (Å²) in [6, 6.07) is 3.13. The Hall–Kier alpha value is -0.750. The lowest BCUT2D eigenvalue weighted by atomic mass is 10.2. The standard InChI is InChI=1S/C9H6BrClF3NO/c10-6-1-5(9(12,13)14)2-7(3-6)15-8(16)4-11/h1-3H,4H2,(H,15,16). The Labute approximate surface area is 103 Å². The van der Waals surface area contributed by atoms with Crippen LogP contribution in [-0.4, -0.2) is 11.8 Å². The van der Waals surface area contributed by atoms with Gasteiger partial charge in [0.25, 0.3) is 0 Å². The largest absolute Gasteiger partial charge is 0.416 e. The highest BCUT2D eigenvalue weighted by atomic mass is 79.9. The minimum atomic E-state index is -4.45. The number of anilines is 1. The first kappa shape index (κ1) is 13.3. The van der Waals surface area contributed by atoms with Crippen molar-refractivity contribution in [1.29, 1.82) is 0 Å². The predicted molar refractivity (Wildman–Crippen MR) is 58.5 cm³/mol. The van der Waals surface area contributed by atoms with E-state index in [0.29, 0.717) is 0 Å². The number of rotatable bonds is 2. The lowest BCUT2D eigenvalue weighted by molar-refractivity contribution is -0.137. The molecule has 0 atom stereocenters. The van der Waals surface area contributed by atoms with Crippen molar-refractivity contribution in [3.63, 3.8) is 0 Å².